The van der Waals surface area contributed by atoms with Gasteiger partial charge in [-0.05, 0) is 31.0 Å². The van der Waals surface area contributed by atoms with Gasteiger partial charge in [0.2, 0.25) is 0 Å². The van der Waals surface area contributed by atoms with Crippen LogP contribution in [0.2, 0.25) is 5.02 Å². The first-order chi connectivity index (χ1) is 9.25. The molecule has 1 N–H and O–H groups in total. The van der Waals surface area contributed by atoms with Crippen molar-refractivity contribution in [1.82, 2.24) is 5.32 Å². The van der Waals surface area contributed by atoms with Crippen molar-refractivity contribution >= 4 is 27.5 Å². The van der Waals surface area contributed by atoms with Crippen molar-refractivity contribution < 1.29 is 4.74 Å². The van der Waals surface area contributed by atoms with E-state index < -0.39 is 0 Å². The third-order valence-corrected chi connectivity index (χ3v) is 4.35. The summed E-state index contributed by atoms with van der Waals surface area (Å²) >= 11 is 9.50. The van der Waals surface area contributed by atoms with Crippen LogP contribution in [-0.2, 0) is 0 Å². The Balaban J connectivity index is 1.69. The lowest BCUT2D eigenvalue weighted by atomic mass is 10.1. The fourth-order valence-electron chi connectivity index (χ4n) is 2.50. The minimum absolute atomic E-state index is 0.659. The maximum Gasteiger partial charge on any atom is 0.139 e. The lowest BCUT2D eigenvalue weighted by Gasteiger charge is -2.16. The summed E-state index contributed by atoms with van der Waals surface area (Å²) in [6.07, 6.45) is 8.10. The first kappa shape index (κ1) is 15.1. The molecule has 19 heavy (non-hydrogen) atoms. The van der Waals surface area contributed by atoms with E-state index in [9.17, 15) is 0 Å². The van der Waals surface area contributed by atoms with Crippen molar-refractivity contribution in [3.05, 3.63) is 27.7 Å². The Hall–Kier alpha value is -0.250. The van der Waals surface area contributed by atoms with E-state index in [-0.39, 0.29) is 0 Å². The largest absolute Gasteiger partial charge is 0.491 e. The van der Waals surface area contributed by atoms with Gasteiger partial charge < -0.3 is 10.1 Å². The highest BCUT2D eigenvalue weighted by Gasteiger charge is 2.11. The third kappa shape index (κ3) is 5.33. The minimum atomic E-state index is 0.659. The van der Waals surface area contributed by atoms with Gasteiger partial charge in [0.05, 0.1) is 5.02 Å². The molecular weight excluding hydrogens is 326 g/mol. The second-order valence-corrected chi connectivity index (χ2v) is 6.39. The monoisotopic (exact) mass is 345 g/mol. The topological polar surface area (TPSA) is 21.3 Å². The Morgan fingerprint density at radius 3 is 2.68 bits per heavy atom. The maximum absolute atomic E-state index is 6.08. The predicted octanol–water partition coefficient (Wildman–Crippen LogP) is 4.79. The number of rotatable bonds is 5. The van der Waals surface area contributed by atoms with E-state index >= 15 is 0 Å². The molecule has 4 heteroatoms. The van der Waals surface area contributed by atoms with Gasteiger partial charge in [0.25, 0.3) is 0 Å². The van der Waals surface area contributed by atoms with Crippen molar-refractivity contribution in [2.75, 3.05) is 13.2 Å². The van der Waals surface area contributed by atoms with E-state index in [1.54, 1.807) is 0 Å². The van der Waals surface area contributed by atoms with Crippen molar-refractivity contribution in [1.29, 1.82) is 0 Å². The van der Waals surface area contributed by atoms with Crippen LogP contribution < -0.4 is 10.1 Å². The Morgan fingerprint density at radius 2 is 1.95 bits per heavy atom. The Kier molecular flexibility index (Phi) is 6.48. The Labute approximate surface area is 129 Å². The number of ether oxygens (including phenoxy) is 1. The molecule has 106 valence electrons. The van der Waals surface area contributed by atoms with Crippen LogP contribution in [0.15, 0.2) is 22.7 Å². The number of benzene rings is 1. The summed E-state index contributed by atoms with van der Waals surface area (Å²) in [5.41, 5.74) is 0. The van der Waals surface area contributed by atoms with Crippen molar-refractivity contribution in [3.63, 3.8) is 0 Å². The molecule has 0 aromatic heterocycles. The molecule has 0 aliphatic heterocycles. The lowest BCUT2D eigenvalue weighted by molar-refractivity contribution is 0.300. The molecule has 1 aromatic carbocycles. The SMILES string of the molecule is Clc1ccc(Br)cc1OCCNC1CCCCCC1. The number of nitrogens with one attached hydrogen (secondary N) is 1. The molecule has 0 saturated heterocycles. The summed E-state index contributed by atoms with van der Waals surface area (Å²) in [6, 6.07) is 6.34. The van der Waals surface area contributed by atoms with Crippen molar-refractivity contribution in [2.24, 2.45) is 0 Å². The summed E-state index contributed by atoms with van der Waals surface area (Å²) in [5, 5.41) is 4.25. The zero-order valence-electron chi connectivity index (χ0n) is 11.1. The van der Waals surface area contributed by atoms with Gasteiger partial charge in [-0.1, -0.05) is 53.2 Å². The fraction of sp³-hybridized carbons (Fsp3) is 0.600. The molecule has 1 fully saturated rings. The van der Waals surface area contributed by atoms with Gasteiger partial charge in [-0.25, -0.2) is 0 Å². The van der Waals surface area contributed by atoms with Gasteiger partial charge >= 0.3 is 0 Å². The molecule has 1 saturated carbocycles. The van der Waals surface area contributed by atoms with Gasteiger partial charge in [0.1, 0.15) is 12.4 Å². The molecule has 2 nitrogen and oxygen atoms in total. The maximum atomic E-state index is 6.08. The quantitative estimate of drug-likeness (QED) is 0.611. The van der Waals surface area contributed by atoms with Crippen LogP contribution in [0.5, 0.6) is 5.75 Å². The van der Waals surface area contributed by atoms with E-state index in [2.05, 4.69) is 21.2 Å². The Morgan fingerprint density at radius 1 is 1.21 bits per heavy atom. The second kappa shape index (κ2) is 8.13. The summed E-state index contributed by atoms with van der Waals surface area (Å²) in [5.74, 6) is 0.749. The van der Waals surface area contributed by atoms with E-state index in [0.29, 0.717) is 17.7 Å². The van der Waals surface area contributed by atoms with Crippen LogP contribution in [0.25, 0.3) is 0 Å². The molecule has 0 atom stereocenters. The van der Waals surface area contributed by atoms with Gasteiger partial charge in [0, 0.05) is 17.1 Å². The van der Waals surface area contributed by atoms with E-state index in [4.69, 9.17) is 16.3 Å². The first-order valence-electron chi connectivity index (χ1n) is 7.07. The Bertz CT molecular complexity index is 392. The van der Waals surface area contributed by atoms with Crippen LogP contribution in [-0.4, -0.2) is 19.2 Å². The first-order valence-corrected chi connectivity index (χ1v) is 8.24. The number of hydrogen-bond acceptors (Lipinski definition) is 2. The summed E-state index contributed by atoms with van der Waals surface area (Å²) < 4.78 is 6.70. The summed E-state index contributed by atoms with van der Waals surface area (Å²) in [6.45, 7) is 1.54. The minimum Gasteiger partial charge on any atom is -0.491 e. The average molecular weight is 347 g/mol. The van der Waals surface area contributed by atoms with Crippen LogP contribution in [0.4, 0.5) is 0 Å². The van der Waals surface area contributed by atoms with Crippen LogP contribution in [0.1, 0.15) is 38.5 Å². The van der Waals surface area contributed by atoms with Crippen LogP contribution >= 0.6 is 27.5 Å². The van der Waals surface area contributed by atoms with Crippen molar-refractivity contribution in [3.8, 4) is 5.75 Å². The molecule has 0 amide bonds. The molecular formula is C15H21BrClNO. The lowest BCUT2D eigenvalue weighted by Crippen LogP contribution is -2.32. The smallest absolute Gasteiger partial charge is 0.139 e. The molecule has 1 aliphatic carbocycles. The van der Waals surface area contributed by atoms with Gasteiger partial charge in [-0.3, -0.25) is 0 Å². The highest BCUT2D eigenvalue weighted by molar-refractivity contribution is 9.10. The standard InChI is InChI=1S/C15H21BrClNO/c16-12-7-8-14(17)15(11-12)19-10-9-18-13-5-3-1-2-4-6-13/h7-8,11,13,18H,1-6,9-10H2. The molecule has 0 spiro atoms. The highest BCUT2D eigenvalue weighted by atomic mass is 79.9. The zero-order chi connectivity index (χ0) is 13.5. The fourth-order valence-corrected chi connectivity index (χ4v) is 3.01. The summed E-state index contributed by atoms with van der Waals surface area (Å²) in [7, 11) is 0. The second-order valence-electron chi connectivity index (χ2n) is 5.07. The van der Waals surface area contributed by atoms with Crippen LogP contribution in [0, 0.1) is 0 Å². The van der Waals surface area contributed by atoms with E-state index in [1.165, 1.54) is 38.5 Å². The average Bonchev–Trinajstić information content (AvgIpc) is 2.67. The molecule has 2 rings (SSSR count). The predicted molar refractivity (Wildman–Crippen MR) is 84.1 cm³/mol. The highest BCUT2D eigenvalue weighted by Crippen LogP contribution is 2.27. The molecule has 0 heterocycles. The zero-order valence-corrected chi connectivity index (χ0v) is 13.5. The van der Waals surface area contributed by atoms with E-state index in [0.717, 1.165) is 16.8 Å². The van der Waals surface area contributed by atoms with Gasteiger partial charge in [0.15, 0.2) is 0 Å². The molecule has 1 aromatic rings. The van der Waals surface area contributed by atoms with Crippen LogP contribution in [0.3, 0.4) is 0 Å². The number of hydrogen-bond donors (Lipinski definition) is 1. The molecule has 1 aliphatic rings. The molecule has 0 bridgehead atoms. The molecule has 0 radical (unpaired) electrons. The van der Waals surface area contributed by atoms with Gasteiger partial charge in [-0.15, -0.1) is 0 Å². The van der Waals surface area contributed by atoms with Gasteiger partial charge in [-0.2, -0.15) is 0 Å². The number of halogens is 2. The normalized spacial score (nSPS) is 17.2. The molecule has 0 unspecified atom stereocenters. The summed E-state index contributed by atoms with van der Waals surface area (Å²) in [4.78, 5) is 0. The third-order valence-electron chi connectivity index (χ3n) is 3.54. The van der Waals surface area contributed by atoms with Crippen molar-refractivity contribution in [2.45, 2.75) is 44.6 Å². The van der Waals surface area contributed by atoms with E-state index in [1.807, 2.05) is 18.2 Å².